The molecule has 5 nitrogen and oxygen atoms in total. The van der Waals surface area contributed by atoms with Gasteiger partial charge in [-0.15, -0.1) is 0 Å². The largest absolute Gasteiger partial charge is 0.357 e. The molecule has 1 amide bonds. The number of rotatable bonds is 4. The van der Waals surface area contributed by atoms with Gasteiger partial charge in [0.1, 0.15) is 17.5 Å². The monoisotopic (exact) mass is 300 g/mol. The van der Waals surface area contributed by atoms with Gasteiger partial charge in [0.15, 0.2) is 0 Å². The lowest BCUT2D eigenvalue weighted by Crippen LogP contribution is -2.26. The van der Waals surface area contributed by atoms with Gasteiger partial charge in [0.25, 0.3) is 5.91 Å². The van der Waals surface area contributed by atoms with E-state index in [-0.39, 0.29) is 12.1 Å². The number of carbonyl (C=O) groups excluding carboxylic acids is 1. The first-order valence-electron chi connectivity index (χ1n) is 7.33. The maximum absolute atomic E-state index is 13.5. The number of nitrogens with zero attached hydrogens (tertiary/aromatic N) is 3. The van der Waals surface area contributed by atoms with E-state index in [1.54, 1.807) is 18.3 Å². The number of anilines is 1. The van der Waals surface area contributed by atoms with Crippen molar-refractivity contribution < 1.29 is 9.18 Å². The molecule has 2 heterocycles. The van der Waals surface area contributed by atoms with Gasteiger partial charge >= 0.3 is 0 Å². The Bertz CT molecular complexity index is 671. The summed E-state index contributed by atoms with van der Waals surface area (Å²) < 4.78 is 13.5. The molecule has 0 aliphatic carbocycles. The molecule has 1 saturated heterocycles. The topological polar surface area (TPSA) is 58.1 Å². The summed E-state index contributed by atoms with van der Waals surface area (Å²) in [6, 6.07) is 7.76. The van der Waals surface area contributed by atoms with Crippen LogP contribution in [0.4, 0.5) is 10.2 Å². The molecule has 1 N–H and O–H groups in total. The van der Waals surface area contributed by atoms with Crippen molar-refractivity contribution in [1.82, 2.24) is 15.3 Å². The second-order valence-corrected chi connectivity index (χ2v) is 5.19. The highest BCUT2D eigenvalue weighted by Gasteiger charge is 2.15. The highest BCUT2D eigenvalue weighted by atomic mass is 19.1. The summed E-state index contributed by atoms with van der Waals surface area (Å²) in [5.41, 5.74) is 0.0261. The quantitative estimate of drug-likeness (QED) is 0.940. The minimum Gasteiger partial charge on any atom is -0.357 e. The summed E-state index contributed by atoms with van der Waals surface area (Å²) in [7, 11) is 0. The molecule has 0 saturated carbocycles. The molecule has 1 aromatic carbocycles. The van der Waals surface area contributed by atoms with E-state index in [1.807, 2.05) is 6.07 Å². The van der Waals surface area contributed by atoms with Gasteiger partial charge in [0.05, 0.1) is 12.1 Å². The number of carbonyl (C=O) groups is 1. The van der Waals surface area contributed by atoms with Crippen LogP contribution < -0.4 is 10.2 Å². The number of benzene rings is 1. The molecule has 6 heteroatoms. The molecular weight excluding hydrogens is 283 g/mol. The van der Waals surface area contributed by atoms with Crippen molar-refractivity contribution >= 4 is 11.7 Å². The van der Waals surface area contributed by atoms with Crippen LogP contribution in [-0.4, -0.2) is 29.0 Å². The third-order valence-corrected chi connectivity index (χ3v) is 3.65. The first-order valence-corrected chi connectivity index (χ1v) is 7.33. The Morgan fingerprint density at radius 2 is 2.00 bits per heavy atom. The molecule has 0 radical (unpaired) electrons. The van der Waals surface area contributed by atoms with Gasteiger partial charge in [-0.3, -0.25) is 4.79 Å². The van der Waals surface area contributed by atoms with E-state index in [1.165, 1.54) is 25.0 Å². The Morgan fingerprint density at radius 3 is 2.77 bits per heavy atom. The normalized spacial score (nSPS) is 14.1. The van der Waals surface area contributed by atoms with E-state index in [0.29, 0.717) is 5.82 Å². The Balaban J connectivity index is 1.65. The van der Waals surface area contributed by atoms with Gasteiger partial charge in [-0.1, -0.05) is 12.1 Å². The minimum atomic E-state index is -0.535. The van der Waals surface area contributed by atoms with Gasteiger partial charge in [-0.2, -0.15) is 0 Å². The number of aromatic nitrogens is 2. The Morgan fingerprint density at radius 1 is 1.23 bits per heavy atom. The van der Waals surface area contributed by atoms with E-state index in [2.05, 4.69) is 20.2 Å². The van der Waals surface area contributed by atoms with Crippen molar-refractivity contribution in [3.63, 3.8) is 0 Å². The van der Waals surface area contributed by atoms with Crippen molar-refractivity contribution in [3.05, 3.63) is 53.7 Å². The van der Waals surface area contributed by atoms with Gasteiger partial charge in [0.2, 0.25) is 0 Å². The molecule has 1 aliphatic heterocycles. The summed E-state index contributed by atoms with van der Waals surface area (Å²) in [5, 5.41) is 2.65. The summed E-state index contributed by atoms with van der Waals surface area (Å²) >= 11 is 0. The van der Waals surface area contributed by atoms with Crippen molar-refractivity contribution in [2.75, 3.05) is 18.0 Å². The fraction of sp³-hybridized carbons (Fsp3) is 0.312. The third kappa shape index (κ3) is 3.21. The lowest BCUT2D eigenvalue weighted by molar-refractivity contribution is 0.0946. The smallest absolute Gasteiger partial charge is 0.254 e. The second kappa shape index (κ2) is 6.51. The Labute approximate surface area is 128 Å². The first-order chi connectivity index (χ1) is 10.7. The third-order valence-electron chi connectivity index (χ3n) is 3.65. The molecule has 1 aromatic heterocycles. The van der Waals surface area contributed by atoms with Gasteiger partial charge in [-0.05, 0) is 31.0 Å². The lowest BCUT2D eigenvalue weighted by atomic mass is 10.2. The molecule has 114 valence electrons. The number of amides is 1. The van der Waals surface area contributed by atoms with Crippen LogP contribution in [0.3, 0.4) is 0 Å². The highest BCUT2D eigenvalue weighted by Crippen LogP contribution is 2.16. The summed E-state index contributed by atoms with van der Waals surface area (Å²) in [6.07, 6.45) is 4.03. The van der Waals surface area contributed by atoms with Crippen LogP contribution >= 0.6 is 0 Å². The fourth-order valence-corrected chi connectivity index (χ4v) is 2.50. The fourth-order valence-electron chi connectivity index (χ4n) is 2.50. The summed E-state index contributed by atoms with van der Waals surface area (Å²) in [5.74, 6) is 0.400. The molecule has 0 atom stereocenters. The van der Waals surface area contributed by atoms with Gasteiger partial charge < -0.3 is 10.2 Å². The van der Waals surface area contributed by atoms with Crippen LogP contribution in [0.25, 0.3) is 0 Å². The predicted octanol–water partition coefficient (Wildman–Crippen LogP) is 2.15. The Hall–Kier alpha value is -2.50. The molecule has 0 unspecified atom stereocenters. The van der Waals surface area contributed by atoms with E-state index in [0.717, 1.165) is 18.9 Å². The summed E-state index contributed by atoms with van der Waals surface area (Å²) in [6.45, 7) is 2.17. The number of hydrogen-bond donors (Lipinski definition) is 1. The Kier molecular flexibility index (Phi) is 4.27. The highest BCUT2D eigenvalue weighted by molar-refractivity contribution is 5.94. The maximum atomic E-state index is 13.5. The van der Waals surface area contributed by atoms with Gasteiger partial charge in [-0.25, -0.2) is 14.4 Å². The van der Waals surface area contributed by atoms with Crippen LogP contribution in [0.2, 0.25) is 0 Å². The molecule has 1 aliphatic rings. The molecule has 0 bridgehead atoms. The SMILES string of the molecule is O=C(NCc1nccc(N2CCCC2)n1)c1ccccc1F. The predicted molar refractivity (Wildman–Crippen MR) is 81.0 cm³/mol. The van der Waals surface area contributed by atoms with E-state index in [9.17, 15) is 9.18 Å². The summed E-state index contributed by atoms with van der Waals surface area (Å²) in [4.78, 5) is 22.8. The van der Waals surface area contributed by atoms with Crippen LogP contribution in [0.5, 0.6) is 0 Å². The number of halogens is 1. The first kappa shape index (κ1) is 14.4. The van der Waals surface area contributed by atoms with Crippen molar-refractivity contribution in [1.29, 1.82) is 0 Å². The van der Waals surface area contributed by atoms with Crippen LogP contribution in [0, 0.1) is 5.82 Å². The average molecular weight is 300 g/mol. The van der Waals surface area contributed by atoms with E-state index < -0.39 is 11.7 Å². The van der Waals surface area contributed by atoms with E-state index >= 15 is 0 Å². The van der Waals surface area contributed by atoms with E-state index in [4.69, 9.17) is 0 Å². The molecule has 22 heavy (non-hydrogen) atoms. The van der Waals surface area contributed by atoms with Crippen molar-refractivity contribution in [2.45, 2.75) is 19.4 Å². The molecule has 1 fully saturated rings. The van der Waals surface area contributed by atoms with Crippen molar-refractivity contribution in [2.24, 2.45) is 0 Å². The zero-order valence-electron chi connectivity index (χ0n) is 12.1. The minimum absolute atomic E-state index is 0.0261. The molecule has 0 spiro atoms. The van der Waals surface area contributed by atoms with Crippen molar-refractivity contribution in [3.8, 4) is 0 Å². The second-order valence-electron chi connectivity index (χ2n) is 5.19. The van der Waals surface area contributed by atoms with Crippen LogP contribution in [0.15, 0.2) is 36.5 Å². The lowest BCUT2D eigenvalue weighted by Gasteiger charge is -2.16. The van der Waals surface area contributed by atoms with Crippen LogP contribution in [-0.2, 0) is 6.54 Å². The molecule has 2 aromatic rings. The number of hydrogen-bond acceptors (Lipinski definition) is 4. The molecular formula is C16H17FN4O. The number of nitrogens with one attached hydrogen (secondary N) is 1. The molecule has 3 rings (SSSR count). The standard InChI is InChI=1S/C16H17FN4O/c17-13-6-2-1-5-12(13)16(22)19-11-14-18-8-7-15(20-14)21-9-3-4-10-21/h1-2,5-8H,3-4,9-11H2,(H,19,22). The van der Waals surface area contributed by atoms with Crippen LogP contribution in [0.1, 0.15) is 29.0 Å². The zero-order chi connectivity index (χ0) is 15.4. The zero-order valence-corrected chi connectivity index (χ0v) is 12.1. The van der Waals surface area contributed by atoms with Gasteiger partial charge in [0, 0.05) is 19.3 Å². The average Bonchev–Trinajstić information content (AvgIpc) is 3.08. The maximum Gasteiger partial charge on any atom is 0.254 e.